The minimum absolute atomic E-state index is 0.260. The van der Waals surface area contributed by atoms with E-state index >= 15 is 0 Å². The summed E-state index contributed by atoms with van der Waals surface area (Å²) in [7, 11) is 2.16. The van der Waals surface area contributed by atoms with Gasteiger partial charge in [0.15, 0.2) is 0 Å². The largest absolute Gasteiger partial charge is 0.349 e. The van der Waals surface area contributed by atoms with Crippen molar-refractivity contribution in [2.45, 2.75) is 6.17 Å². The lowest BCUT2D eigenvalue weighted by Gasteiger charge is -2.34. The van der Waals surface area contributed by atoms with Crippen LogP contribution in [0.15, 0.2) is 181 Å². The van der Waals surface area contributed by atoms with Crippen LogP contribution in [0.5, 0.6) is 0 Å². The van der Waals surface area contributed by atoms with Crippen molar-refractivity contribution >= 4 is 43.9 Å². The Morgan fingerprint density at radius 1 is 0.490 bits per heavy atom. The molecule has 1 aliphatic rings. The van der Waals surface area contributed by atoms with Crippen LogP contribution in [0.2, 0.25) is 0 Å². The zero-order valence-corrected chi connectivity index (χ0v) is 27.2. The molecule has 0 N–H and O–H groups in total. The smallest absolute Gasteiger partial charge is 0.147 e. The highest BCUT2D eigenvalue weighted by Gasteiger charge is 2.26. The average molecular weight is 628 g/mol. The first kappa shape index (κ1) is 28.9. The van der Waals surface area contributed by atoms with Gasteiger partial charge in [0.05, 0.1) is 11.2 Å². The van der Waals surface area contributed by atoms with E-state index in [1.165, 1.54) is 27.1 Å². The number of hydrogen-bond acceptors (Lipinski definition) is 3. The van der Waals surface area contributed by atoms with Crippen LogP contribution in [-0.2, 0) is 0 Å². The Morgan fingerprint density at radius 2 is 1.12 bits per heavy atom. The predicted molar refractivity (Wildman–Crippen MR) is 206 cm³/mol. The summed E-state index contributed by atoms with van der Waals surface area (Å²) in [5.41, 5.74) is 11.1. The average Bonchev–Trinajstić information content (AvgIpc) is 3.18. The summed E-state index contributed by atoms with van der Waals surface area (Å²) in [5.74, 6) is 0. The molecule has 0 radical (unpaired) electrons. The normalized spacial score (nSPS) is 14.6. The molecule has 2 heterocycles. The van der Waals surface area contributed by atoms with Gasteiger partial charge in [0.25, 0.3) is 0 Å². The van der Waals surface area contributed by atoms with Crippen molar-refractivity contribution in [1.82, 2.24) is 9.88 Å². The number of aromatic nitrogens is 1. The van der Waals surface area contributed by atoms with Gasteiger partial charge in [-0.15, -0.1) is 0 Å². The number of hydrogen-bond donors (Lipinski definition) is 0. The molecule has 3 nitrogen and oxygen atoms in total. The number of fused-ring (bicyclic) bond motifs is 4. The zero-order valence-electron chi connectivity index (χ0n) is 27.2. The van der Waals surface area contributed by atoms with Crippen molar-refractivity contribution in [2.75, 3.05) is 7.05 Å². The van der Waals surface area contributed by atoms with E-state index in [9.17, 15) is 0 Å². The van der Waals surface area contributed by atoms with Gasteiger partial charge < -0.3 is 4.90 Å². The van der Waals surface area contributed by atoms with Gasteiger partial charge in [-0.1, -0.05) is 133 Å². The van der Waals surface area contributed by atoms with Crippen LogP contribution in [0.25, 0.3) is 60.4 Å². The summed E-state index contributed by atoms with van der Waals surface area (Å²) >= 11 is 0. The van der Waals surface area contributed by atoms with Crippen molar-refractivity contribution in [3.05, 3.63) is 193 Å². The van der Waals surface area contributed by atoms with E-state index < -0.39 is 0 Å². The molecule has 1 aromatic heterocycles. The lowest BCUT2D eigenvalue weighted by atomic mass is 9.89. The summed E-state index contributed by atoms with van der Waals surface area (Å²) in [5, 5.41) is 6.09. The molecule has 0 aliphatic carbocycles. The molecule has 1 unspecified atom stereocenters. The minimum atomic E-state index is -0.260. The van der Waals surface area contributed by atoms with Gasteiger partial charge in [0, 0.05) is 29.9 Å². The number of aliphatic imine (C=N–C) groups is 1. The van der Waals surface area contributed by atoms with E-state index in [1.807, 2.05) is 12.3 Å². The van der Waals surface area contributed by atoms with E-state index in [4.69, 9.17) is 9.98 Å². The van der Waals surface area contributed by atoms with Crippen molar-refractivity contribution < 1.29 is 0 Å². The molecule has 7 aromatic carbocycles. The van der Waals surface area contributed by atoms with Gasteiger partial charge in [-0.2, -0.15) is 0 Å². The maximum Gasteiger partial charge on any atom is 0.147 e. The number of para-hydroxylation sites is 1. The molecule has 0 fully saturated rings. The Kier molecular flexibility index (Phi) is 7.09. The maximum atomic E-state index is 5.47. The Morgan fingerprint density at radius 3 is 1.92 bits per heavy atom. The summed E-state index contributed by atoms with van der Waals surface area (Å²) in [4.78, 5) is 12.6. The molecule has 0 spiro atoms. The second kappa shape index (κ2) is 12.0. The highest BCUT2D eigenvalue weighted by molar-refractivity contribution is 6.14. The van der Waals surface area contributed by atoms with Crippen LogP contribution in [0.4, 0.5) is 0 Å². The van der Waals surface area contributed by atoms with Crippen LogP contribution < -0.4 is 0 Å². The van der Waals surface area contributed by atoms with Gasteiger partial charge in [-0.05, 0) is 91.3 Å². The molecule has 232 valence electrons. The van der Waals surface area contributed by atoms with Crippen molar-refractivity contribution in [2.24, 2.45) is 4.99 Å². The second-order valence-corrected chi connectivity index (χ2v) is 12.7. The van der Waals surface area contributed by atoms with Crippen LogP contribution in [0.1, 0.15) is 22.9 Å². The predicted octanol–water partition coefficient (Wildman–Crippen LogP) is 11.3. The van der Waals surface area contributed by atoms with Gasteiger partial charge >= 0.3 is 0 Å². The molecular weight excluding hydrogens is 595 g/mol. The Hall–Kier alpha value is -6.32. The SMILES string of the molecule is CN1C(c2ccccc2)=CC(c2ccccc2)=NC1c1cc(-c2cc3ccccc3c3ccccc23)cc(-c2cccc3cccnc23)c1. The number of benzene rings is 7. The first-order valence-electron chi connectivity index (χ1n) is 16.7. The van der Waals surface area contributed by atoms with Crippen LogP contribution >= 0.6 is 0 Å². The number of pyridine rings is 1. The molecule has 9 rings (SSSR count). The highest BCUT2D eigenvalue weighted by Crippen LogP contribution is 2.42. The molecule has 49 heavy (non-hydrogen) atoms. The summed E-state index contributed by atoms with van der Waals surface area (Å²) < 4.78 is 0. The second-order valence-electron chi connectivity index (χ2n) is 12.7. The first-order chi connectivity index (χ1) is 24.2. The molecule has 0 bridgehead atoms. The summed E-state index contributed by atoms with van der Waals surface area (Å²) in [6.07, 6.45) is 3.84. The lowest BCUT2D eigenvalue weighted by molar-refractivity contribution is 0.364. The molecule has 0 amide bonds. The topological polar surface area (TPSA) is 28.5 Å². The third-order valence-corrected chi connectivity index (χ3v) is 9.70. The van der Waals surface area contributed by atoms with E-state index in [2.05, 4.69) is 176 Å². The molecule has 0 saturated heterocycles. The standard InChI is InChI=1S/C46H33N3/c1-49-44(32-16-6-3-7-17-32)30-43(31-14-4-2-5-15-31)48-46(49)37-27-35(39-24-12-19-33-20-13-25-47-45(33)39)26-36(28-37)42-29-34-18-8-9-21-38(34)40-22-10-11-23-41(40)42/h2-30,46H,1H3. The maximum absolute atomic E-state index is 5.47. The fourth-order valence-electron chi connectivity index (χ4n) is 7.32. The van der Waals surface area contributed by atoms with Crippen LogP contribution in [0.3, 0.4) is 0 Å². The zero-order chi connectivity index (χ0) is 32.7. The molecule has 3 heteroatoms. The Balaban J connectivity index is 1.32. The fraction of sp³-hybridized carbons (Fsp3) is 0.0435. The van der Waals surface area contributed by atoms with Gasteiger partial charge in [-0.25, -0.2) is 0 Å². The van der Waals surface area contributed by atoms with E-state index in [-0.39, 0.29) is 6.17 Å². The molecule has 8 aromatic rings. The summed E-state index contributed by atoms with van der Waals surface area (Å²) in [6.45, 7) is 0. The lowest BCUT2D eigenvalue weighted by Crippen LogP contribution is -2.27. The third kappa shape index (κ3) is 5.17. The van der Waals surface area contributed by atoms with E-state index in [0.29, 0.717) is 0 Å². The quantitative estimate of drug-likeness (QED) is 0.178. The number of allylic oxidation sites excluding steroid dienone is 1. The molecule has 0 saturated carbocycles. The molecule has 1 aliphatic heterocycles. The monoisotopic (exact) mass is 627 g/mol. The Bertz CT molecular complexity index is 2560. The molecule has 1 atom stereocenters. The number of rotatable bonds is 5. The van der Waals surface area contributed by atoms with Crippen LogP contribution in [-0.4, -0.2) is 22.6 Å². The third-order valence-electron chi connectivity index (χ3n) is 9.70. The molecular formula is C46H33N3. The number of nitrogens with zero attached hydrogens (tertiary/aromatic N) is 3. The fourth-order valence-corrected chi connectivity index (χ4v) is 7.32. The highest BCUT2D eigenvalue weighted by atomic mass is 15.2. The van der Waals surface area contributed by atoms with Gasteiger partial charge in [0.1, 0.15) is 6.17 Å². The van der Waals surface area contributed by atoms with Crippen LogP contribution in [0, 0.1) is 0 Å². The van der Waals surface area contributed by atoms with Gasteiger partial charge in [0.2, 0.25) is 0 Å². The Labute approximate surface area is 286 Å². The first-order valence-corrected chi connectivity index (χ1v) is 16.7. The van der Waals surface area contributed by atoms with E-state index in [1.54, 1.807) is 0 Å². The van der Waals surface area contributed by atoms with E-state index in [0.717, 1.165) is 55.7 Å². The van der Waals surface area contributed by atoms with Gasteiger partial charge in [-0.3, -0.25) is 9.98 Å². The minimum Gasteiger partial charge on any atom is -0.349 e. The van der Waals surface area contributed by atoms with Crippen molar-refractivity contribution in [3.8, 4) is 22.3 Å². The summed E-state index contributed by atoms with van der Waals surface area (Å²) in [6, 6.07) is 58.5. The van der Waals surface area contributed by atoms with Crippen molar-refractivity contribution in [1.29, 1.82) is 0 Å². The van der Waals surface area contributed by atoms with Crippen molar-refractivity contribution in [3.63, 3.8) is 0 Å².